The molecule has 0 radical (unpaired) electrons. The summed E-state index contributed by atoms with van der Waals surface area (Å²) in [6.07, 6.45) is 4.66. The Morgan fingerprint density at radius 2 is 1.96 bits per heavy atom. The Hall–Kier alpha value is -2.03. The highest BCUT2D eigenvalue weighted by molar-refractivity contribution is 6.28. The van der Waals surface area contributed by atoms with Gasteiger partial charge in [-0.3, -0.25) is 0 Å². The number of nitrogens with zero attached hydrogens (tertiary/aromatic N) is 5. The summed E-state index contributed by atoms with van der Waals surface area (Å²) in [7, 11) is 0. The Kier molecular flexibility index (Phi) is 5.03. The third-order valence-corrected chi connectivity index (χ3v) is 4.40. The van der Waals surface area contributed by atoms with E-state index < -0.39 is 11.7 Å². The van der Waals surface area contributed by atoms with E-state index in [-0.39, 0.29) is 17.4 Å². The van der Waals surface area contributed by atoms with Gasteiger partial charge >= 0.3 is 11.9 Å². The molecule has 25 heavy (non-hydrogen) atoms. The SMILES string of the molecule is C[C@H](Oc1cnc(Cl)nc1)C1CCN(c2nc(C(C)(F)F)no2)CC1. The van der Waals surface area contributed by atoms with Crippen molar-refractivity contribution in [1.82, 2.24) is 20.1 Å². The fourth-order valence-corrected chi connectivity index (χ4v) is 2.85. The van der Waals surface area contributed by atoms with Gasteiger partial charge in [-0.05, 0) is 37.3 Å². The van der Waals surface area contributed by atoms with Crippen LogP contribution in [0.15, 0.2) is 16.9 Å². The van der Waals surface area contributed by atoms with Crippen LogP contribution in [0.1, 0.15) is 32.5 Å². The van der Waals surface area contributed by atoms with Gasteiger partial charge in [0.05, 0.1) is 18.5 Å². The molecule has 1 fully saturated rings. The van der Waals surface area contributed by atoms with Gasteiger partial charge in [-0.1, -0.05) is 5.16 Å². The minimum Gasteiger partial charge on any atom is -0.487 e. The second-order valence-corrected chi connectivity index (χ2v) is 6.46. The molecule has 0 aromatic carbocycles. The van der Waals surface area contributed by atoms with E-state index in [1.54, 1.807) is 0 Å². The molecule has 0 bridgehead atoms. The van der Waals surface area contributed by atoms with Gasteiger partial charge in [-0.2, -0.15) is 13.8 Å². The second kappa shape index (κ2) is 7.07. The van der Waals surface area contributed by atoms with Crippen molar-refractivity contribution in [2.75, 3.05) is 18.0 Å². The van der Waals surface area contributed by atoms with Crippen LogP contribution in [0.5, 0.6) is 5.75 Å². The second-order valence-electron chi connectivity index (χ2n) is 6.12. The molecule has 2 aromatic rings. The molecule has 1 atom stereocenters. The molecule has 136 valence electrons. The quantitative estimate of drug-likeness (QED) is 0.744. The summed E-state index contributed by atoms with van der Waals surface area (Å²) in [4.78, 5) is 13.4. The third-order valence-electron chi connectivity index (χ3n) is 4.20. The highest BCUT2D eigenvalue weighted by Crippen LogP contribution is 2.29. The lowest BCUT2D eigenvalue weighted by Crippen LogP contribution is -2.38. The van der Waals surface area contributed by atoms with Crippen LogP contribution >= 0.6 is 11.6 Å². The average Bonchev–Trinajstić information content (AvgIpc) is 3.07. The normalized spacial score (nSPS) is 17.6. The van der Waals surface area contributed by atoms with Crippen molar-refractivity contribution < 1.29 is 18.0 Å². The molecule has 0 unspecified atom stereocenters. The molecule has 1 aliphatic heterocycles. The summed E-state index contributed by atoms with van der Waals surface area (Å²) in [5.74, 6) is -2.83. The summed E-state index contributed by atoms with van der Waals surface area (Å²) in [5, 5.41) is 3.52. The Morgan fingerprint density at radius 3 is 2.52 bits per heavy atom. The molecule has 10 heteroatoms. The molecule has 0 N–H and O–H groups in total. The molecule has 1 aliphatic rings. The first kappa shape index (κ1) is 17.8. The number of anilines is 1. The number of alkyl halides is 2. The van der Waals surface area contributed by atoms with E-state index in [4.69, 9.17) is 20.9 Å². The minimum atomic E-state index is -3.11. The number of piperidine rings is 1. The van der Waals surface area contributed by atoms with Crippen molar-refractivity contribution in [3.8, 4) is 5.75 Å². The van der Waals surface area contributed by atoms with E-state index in [1.165, 1.54) is 12.4 Å². The zero-order valence-corrected chi connectivity index (χ0v) is 14.6. The highest BCUT2D eigenvalue weighted by atomic mass is 35.5. The molecule has 1 saturated heterocycles. The van der Waals surface area contributed by atoms with Crippen LogP contribution in [-0.2, 0) is 5.92 Å². The lowest BCUT2D eigenvalue weighted by atomic mass is 9.92. The Balaban J connectivity index is 1.54. The van der Waals surface area contributed by atoms with Crippen molar-refractivity contribution in [2.45, 2.75) is 38.7 Å². The molecule has 0 saturated carbocycles. The molecule has 3 heterocycles. The number of hydrogen-bond acceptors (Lipinski definition) is 7. The van der Waals surface area contributed by atoms with Crippen LogP contribution in [0, 0.1) is 5.92 Å². The maximum Gasteiger partial charge on any atom is 0.324 e. The number of aromatic nitrogens is 4. The van der Waals surface area contributed by atoms with Crippen LogP contribution in [0.2, 0.25) is 5.28 Å². The number of rotatable bonds is 5. The largest absolute Gasteiger partial charge is 0.487 e. The van der Waals surface area contributed by atoms with Crippen molar-refractivity contribution in [1.29, 1.82) is 0 Å². The Labute approximate surface area is 148 Å². The third kappa shape index (κ3) is 4.33. The molecule has 0 spiro atoms. The lowest BCUT2D eigenvalue weighted by Gasteiger charge is -2.33. The van der Waals surface area contributed by atoms with Gasteiger partial charge in [0, 0.05) is 20.0 Å². The smallest absolute Gasteiger partial charge is 0.324 e. The Morgan fingerprint density at radius 1 is 1.32 bits per heavy atom. The topological polar surface area (TPSA) is 77.2 Å². The van der Waals surface area contributed by atoms with Crippen LogP contribution < -0.4 is 9.64 Å². The summed E-state index contributed by atoms with van der Waals surface area (Å²) in [6, 6.07) is 0.134. The first-order valence-corrected chi connectivity index (χ1v) is 8.32. The van der Waals surface area contributed by atoms with Gasteiger partial charge in [0.15, 0.2) is 5.75 Å². The fraction of sp³-hybridized carbons (Fsp3) is 0.600. The van der Waals surface area contributed by atoms with E-state index in [9.17, 15) is 8.78 Å². The zero-order valence-electron chi connectivity index (χ0n) is 13.8. The number of ether oxygens (including phenoxy) is 1. The first-order chi connectivity index (χ1) is 11.8. The van der Waals surface area contributed by atoms with E-state index in [0.717, 1.165) is 19.8 Å². The van der Waals surface area contributed by atoms with Gasteiger partial charge in [-0.25, -0.2) is 9.97 Å². The highest BCUT2D eigenvalue weighted by Gasteiger charge is 2.33. The molecule has 7 nitrogen and oxygen atoms in total. The zero-order chi connectivity index (χ0) is 18.0. The van der Waals surface area contributed by atoms with Crippen molar-refractivity contribution >= 4 is 17.6 Å². The van der Waals surface area contributed by atoms with Gasteiger partial charge in [-0.15, -0.1) is 0 Å². The van der Waals surface area contributed by atoms with Gasteiger partial charge < -0.3 is 14.2 Å². The van der Waals surface area contributed by atoms with Crippen LogP contribution in [0.3, 0.4) is 0 Å². The van der Waals surface area contributed by atoms with Crippen molar-refractivity contribution in [2.24, 2.45) is 5.92 Å². The maximum atomic E-state index is 13.2. The summed E-state index contributed by atoms with van der Waals surface area (Å²) >= 11 is 5.65. The van der Waals surface area contributed by atoms with Crippen molar-refractivity contribution in [3.05, 3.63) is 23.5 Å². The van der Waals surface area contributed by atoms with Crippen LogP contribution in [0.4, 0.5) is 14.8 Å². The predicted octanol–water partition coefficient (Wildman–Crippen LogP) is 3.31. The molecular weight excluding hydrogens is 356 g/mol. The average molecular weight is 374 g/mol. The maximum absolute atomic E-state index is 13.2. The Bertz CT molecular complexity index is 699. The van der Waals surface area contributed by atoms with E-state index in [2.05, 4.69) is 20.1 Å². The van der Waals surface area contributed by atoms with Crippen LogP contribution in [0.25, 0.3) is 0 Å². The lowest BCUT2D eigenvalue weighted by molar-refractivity contribution is 0.00559. The fourth-order valence-electron chi connectivity index (χ4n) is 2.75. The standard InChI is InChI=1S/C15H18ClF2N5O2/c1-9(24-11-7-19-13(16)20-8-11)10-3-5-23(6-4-10)14-21-12(22-25-14)15(2,17)18/h7-10H,3-6H2,1-2H3/t9-/m0/s1. The predicted molar refractivity (Wildman–Crippen MR) is 85.9 cm³/mol. The minimum absolute atomic E-state index is 0.0369. The summed E-state index contributed by atoms with van der Waals surface area (Å²) in [6.45, 7) is 3.99. The van der Waals surface area contributed by atoms with E-state index >= 15 is 0 Å². The summed E-state index contributed by atoms with van der Waals surface area (Å²) in [5.41, 5.74) is 0. The molecule has 0 aliphatic carbocycles. The molecular formula is C15H18ClF2N5O2. The van der Waals surface area contributed by atoms with Crippen molar-refractivity contribution in [3.63, 3.8) is 0 Å². The molecule has 3 rings (SSSR count). The van der Waals surface area contributed by atoms with Crippen LogP contribution in [-0.4, -0.2) is 39.3 Å². The van der Waals surface area contributed by atoms with Gasteiger partial charge in [0.25, 0.3) is 0 Å². The first-order valence-electron chi connectivity index (χ1n) is 7.94. The van der Waals surface area contributed by atoms with E-state index in [1.807, 2.05) is 11.8 Å². The molecule has 0 amide bonds. The van der Waals surface area contributed by atoms with Gasteiger partial charge in [0.1, 0.15) is 0 Å². The van der Waals surface area contributed by atoms with E-state index in [0.29, 0.717) is 24.8 Å². The number of halogens is 3. The monoisotopic (exact) mass is 373 g/mol. The molecule has 2 aromatic heterocycles. The number of hydrogen-bond donors (Lipinski definition) is 0. The summed E-state index contributed by atoms with van der Waals surface area (Å²) < 4.78 is 37.2. The van der Waals surface area contributed by atoms with Gasteiger partial charge in [0.2, 0.25) is 11.1 Å².